The van der Waals surface area contributed by atoms with E-state index < -0.39 is 11.1 Å². The van der Waals surface area contributed by atoms with Crippen LogP contribution in [0.4, 0.5) is 0 Å². The molecule has 0 unspecified atom stereocenters. The fourth-order valence-electron chi connectivity index (χ4n) is 3.64. The van der Waals surface area contributed by atoms with E-state index in [0.717, 1.165) is 12.8 Å². The molecule has 1 heterocycles. The summed E-state index contributed by atoms with van der Waals surface area (Å²) in [6, 6.07) is 0.0400. The predicted octanol–water partition coefficient (Wildman–Crippen LogP) is 3.58. The lowest BCUT2D eigenvalue weighted by atomic mass is 9.70. The molecular weight excluding hydrogens is 248 g/mol. The third-order valence-electron chi connectivity index (χ3n) is 4.28. The normalized spacial score (nSPS) is 22.1. The molecule has 1 rings (SSSR count). The van der Waals surface area contributed by atoms with E-state index in [-0.39, 0.29) is 6.04 Å². The Kier molecular flexibility index (Phi) is 5.93. The third-order valence-corrected chi connectivity index (χ3v) is 4.28. The minimum absolute atomic E-state index is 0.0400. The summed E-state index contributed by atoms with van der Waals surface area (Å²) in [6.45, 7) is 15.3. The number of rotatable bonds is 8. The van der Waals surface area contributed by atoms with Crippen molar-refractivity contribution < 1.29 is 5.21 Å². The molecule has 1 aliphatic heterocycles. The quantitative estimate of drug-likeness (QED) is 0.666. The maximum atomic E-state index is 11.0. The van der Waals surface area contributed by atoms with Crippen LogP contribution in [0, 0.1) is 0 Å². The van der Waals surface area contributed by atoms with Gasteiger partial charge in [0.2, 0.25) is 0 Å². The Bertz CT molecular complexity index is 321. The van der Waals surface area contributed by atoms with Gasteiger partial charge in [0.25, 0.3) is 0 Å². The molecule has 1 aliphatic rings. The molecule has 0 saturated carbocycles. The summed E-state index contributed by atoms with van der Waals surface area (Å²) in [4.78, 5) is 0. The molecule has 0 bridgehead atoms. The summed E-state index contributed by atoms with van der Waals surface area (Å²) < 4.78 is 0. The van der Waals surface area contributed by atoms with Gasteiger partial charge in [-0.15, -0.1) is 26.3 Å². The Morgan fingerprint density at radius 2 is 1.20 bits per heavy atom. The molecule has 3 N–H and O–H groups in total. The maximum absolute atomic E-state index is 11.0. The van der Waals surface area contributed by atoms with Crippen molar-refractivity contribution in [3.05, 3.63) is 50.6 Å². The number of piperidine rings is 1. The predicted molar refractivity (Wildman–Crippen MR) is 85.6 cm³/mol. The van der Waals surface area contributed by atoms with Crippen molar-refractivity contribution in [2.45, 2.75) is 55.6 Å². The van der Waals surface area contributed by atoms with Gasteiger partial charge in [0.15, 0.2) is 0 Å². The summed E-state index contributed by atoms with van der Waals surface area (Å²) in [5.41, 5.74) is 5.45. The number of nitrogens with two attached hydrogens (primary N) is 1. The van der Waals surface area contributed by atoms with Crippen molar-refractivity contribution in [3.8, 4) is 0 Å². The summed E-state index contributed by atoms with van der Waals surface area (Å²) in [5, 5.41) is 12.5. The minimum atomic E-state index is -0.423. The largest absolute Gasteiger partial charge is 0.328 e. The standard InChI is InChI=1S/C17H28N2O/c1-5-9-16(10-6-2)13-15(18)14-17(11-7-3,12-8-4)19(16)20/h5-8,15,20H,1-4,9-14,18H2. The van der Waals surface area contributed by atoms with Gasteiger partial charge in [-0.05, 0) is 38.5 Å². The molecule has 1 saturated heterocycles. The fourth-order valence-corrected chi connectivity index (χ4v) is 3.64. The van der Waals surface area contributed by atoms with E-state index >= 15 is 0 Å². The molecule has 0 amide bonds. The van der Waals surface area contributed by atoms with Gasteiger partial charge in [-0.2, -0.15) is 5.06 Å². The number of hydrogen-bond donors (Lipinski definition) is 2. The van der Waals surface area contributed by atoms with Crippen molar-refractivity contribution in [1.82, 2.24) is 5.06 Å². The molecule has 112 valence electrons. The first-order chi connectivity index (χ1) is 9.50. The van der Waals surface area contributed by atoms with E-state index in [4.69, 9.17) is 5.73 Å². The Labute approximate surface area is 123 Å². The van der Waals surface area contributed by atoms with Gasteiger partial charge in [-0.3, -0.25) is 0 Å². The van der Waals surface area contributed by atoms with Crippen LogP contribution in [-0.2, 0) is 0 Å². The summed E-state index contributed by atoms with van der Waals surface area (Å²) in [6.07, 6.45) is 11.6. The Balaban J connectivity index is 3.24. The minimum Gasteiger partial charge on any atom is -0.328 e. The molecule has 0 aromatic rings. The topological polar surface area (TPSA) is 49.5 Å². The summed E-state index contributed by atoms with van der Waals surface area (Å²) in [5.74, 6) is 0. The highest BCUT2D eigenvalue weighted by molar-refractivity contribution is 5.12. The molecule has 0 spiro atoms. The number of hydrogen-bond acceptors (Lipinski definition) is 3. The number of nitrogens with zero attached hydrogens (tertiary/aromatic N) is 1. The second kappa shape index (κ2) is 7.02. The van der Waals surface area contributed by atoms with Crippen LogP contribution in [0.25, 0.3) is 0 Å². The fraction of sp³-hybridized carbons (Fsp3) is 0.529. The van der Waals surface area contributed by atoms with Crippen LogP contribution < -0.4 is 5.73 Å². The van der Waals surface area contributed by atoms with Crippen LogP contribution in [-0.4, -0.2) is 27.4 Å². The highest BCUT2D eigenvalue weighted by atomic mass is 16.5. The first-order valence-corrected chi connectivity index (χ1v) is 7.18. The van der Waals surface area contributed by atoms with E-state index in [1.165, 1.54) is 5.06 Å². The highest BCUT2D eigenvalue weighted by Gasteiger charge is 2.51. The zero-order valence-corrected chi connectivity index (χ0v) is 12.4. The molecule has 3 nitrogen and oxygen atoms in total. The molecule has 0 atom stereocenters. The van der Waals surface area contributed by atoms with Crippen molar-refractivity contribution in [2.24, 2.45) is 5.73 Å². The SMILES string of the molecule is C=CCC1(CC=C)CC(N)CC(CC=C)(CC=C)N1O. The summed E-state index contributed by atoms with van der Waals surface area (Å²) >= 11 is 0. The Morgan fingerprint density at radius 3 is 1.45 bits per heavy atom. The van der Waals surface area contributed by atoms with E-state index in [0.29, 0.717) is 25.7 Å². The van der Waals surface area contributed by atoms with Gasteiger partial charge in [-0.1, -0.05) is 24.3 Å². The monoisotopic (exact) mass is 276 g/mol. The molecule has 1 fully saturated rings. The van der Waals surface area contributed by atoms with Gasteiger partial charge in [-0.25, -0.2) is 0 Å². The van der Waals surface area contributed by atoms with Crippen LogP contribution in [0.15, 0.2) is 50.6 Å². The Morgan fingerprint density at radius 1 is 0.900 bits per heavy atom. The van der Waals surface area contributed by atoms with Crippen LogP contribution in [0.1, 0.15) is 38.5 Å². The van der Waals surface area contributed by atoms with Gasteiger partial charge < -0.3 is 10.9 Å². The molecule has 0 aromatic carbocycles. The maximum Gasteiger partial charge on any atom is 0.0550 e. The molecule has 0 aliphatic carbocycles. The smallest absolute Gasteiger partial charge is 0.0550 e. The second-order valence-corrected chi connectivity index (χ2v) is 5.90. The van der Waals surface area contributed by atoms with E-state index in [1.807, 2.05) is 24.3 Å². The first-order valence-electron chi connectivity index (χ1n) is 7.18. The van der Waals surface area contributed by atoms with Crippen LogP contribution in [0.2, 0.25) is 0 Å². The molecular formula is C17H28N2O. The van der Waals surface area contributed by atoms with E-state index in [2.05, 4.69) is 26.3 Å². The van der Waals surface area contributed by atoms with Crippen LogP contribution >= 0.6 is 0 Å². The van der Waals surface area contributed by atoms with E-state index in [9.17, 15) is 5.21 Å². The molecule has 0 radical (unpaired) electrons. The average molecular weight is 276 g/mol. The van der Waals surface area contributed by atoms with Crippen molar-refractivity contribution in [3.63, 3.8) is 0 Å². The second-order valence-electron chi connectivity index (χ2n) is 5.90. The third kappa shape index (κ3) is 3.11. The zero-order valence-electron chi connectivity index (χ0n) is 12.4. The van der Waals surface area contributed by atoms with Gasteiger partial charge in [0.1, 0.15) is 0 Å². The van der Waals surface area contributed by atoms with Crippen molar-refractivity contribution in [1.29, 1.82) is 0 Å². The average Bonchev–Trinajstić information content (AvgIpc) is 2.37. The van der Waals surface area contributed by atoms with E-state index in [1.54, 1.807) is 0 Å². The van der Waals surface area contributed by atoms with Gasteiger partial charge in [0.05, 0.1) is 11.1 Å². The first kappa shape index (κ1) is 16.9. The van der Waals surface area contributed by atoms with Gasteiger partial charge >= 0.3 is 0 Å². The lowest BCUT2D eigenvalue weighted by Gasteiger charge is -2.56. The summed E-state index contributed by atoms with van der Waals surface area (Å²) in [7, 11) is 0. The van der Waals surface area contributed by atoms with Crippen LogP contribution in [0.5, 0.6) is 0 Å². The lowest BCUT2D eigenvalue weighted by Crippen LogP contribution is -2.66. The van der Waals surface area contributed by atoms with Crippen LogP contribution in [0.3, 0.4) is 0 Å². The highest BCUT2D eigenvalue weighted by Crippen LogP contribution is 2.45. The molecule has 20 heavy (non-hydrogen) atoms. The van der Waals surface area contributed by atoms with Crippen molar-refractivity contribution in [2.75, 3.05) is 0 Å². The zero-order chi connectivity index (χ0) is 15.2. The lowest BCUT2D eigenvalue weighted by molar-refractivity contribution is -0.262. The number of hydroxylamine groups is 2. The van der Waals surface area contributed by atoms with Crippen molar-refractivity contribution >= 4 is 0 Å². The molecule has 3 heteroatoms. The van der Waals surface area contributed by atoms with Gasteiger partial charge in [0, 0.05) is 6.04 Å². The Hall–Kier alpha value is -1.16. The molecule has 0 aromatic heterocycles.